The molecule has 0 fully saturated rings. The predicted octanol–water partition coefficient (Wildman–Crippen LogP) is 3.94. The second-order valence-corrected chi connectivity index (χ2v) is 5.43. The van der Waals surface area contributed by atoms with E-state index in [2.05, 4.69) is 24.9 Å². The van der Waals surface area contributed by atoms with E-state index in [4.69, 9.17) is 22.7 Å². The van der Waals surface area contributed by atoms with Crippen LogP contribution in [0, 0.1) is 6.92 Å². The number of aryl methyl sites for hydroxylation is 1. The van der Waals surface area contributed by atoms with Crippen LogP contribution < -0.4 is 10.5 Å². The summed E-state index contributed by atoms with van der Waals surface area (Å²) >= 11 is 5.01. The lowest BCUT2D eigenvalue weighted by Crippen LogP contribution is -2.10. The monoisotopic (exact) mass is 286 g/mol. The molecule has 0 bridgehead atoms. The molecule has 1 heterocycles. The molecule has 0 spiro atoms. The van der Waals surface area contributed by atoms with Crippen molar-refractivity contribution in [3.63, 3.8) is 0 Å². The number of nitrogens with zero attached hydrogens (tertiary/aromatic N) is 1. The molecule has 3 nitrogen and oxygen atoms in total. The minimum absolute atomic E-state index is 0.345. The SMILES string of the molecule is Cc1cc(C(N)=S)cc(Oc2ccccc2C(C)C)n1. The summed E-state index contributed by atoms with van der Waals surface area (Å²) in [4.78, 5) is 4.72. The van der Waals surface area contributed by atoms with Crippen molar-refractivity contribution in [2.24, 2.45) is 5.73 Å². The van der Waals surface area contributed by atoms with Crippen molar-refractivity contribution in [1.82, 2.24) is 4.98 Å². The summed E-state index contributed by atoms with van der Waals surface area (Å²) in [5.74, 6) is 1.71. The van der Waals surface area contributed by atoms with E-state index in [1.807, 2.05) is 31.2 Å². The molecule has 104 valence electrons. The molecule has 2 rings (SSSR count). The average molecular weight is 286 g/mol. The molecule has 0 amide bonds. The lowest BCUT2D eigenvalue weighted by atomic mass is 10.0. The van der Waals surface area contributed by atoms with Gasteiger partial charge in [0.1, 0.15) is 10.7 Å². The molecule has 2 aromatic rings. The molecule has 2 N–H and O–H groups in total. The Bertz CT molecular complexity index is 638. The number of aromatic nitrogens is 1. The number of para-hydroxylation sites is 1. The van der Waals surface area contributed by atoms with Crippen LogP contribution in [0.3, 0.4) is 0 Å². The van der Waals surface area contributed by atoms with E-state index in [-0.39, 0.29) is 0 Å². The molecular formula is C16H18N2OS. The Morgan fingerprint density at radius 3 is 2.60 bits per heavy atom. The maximum absolute atomic E-state index is 5.92. The number of nitrogens with two attached hydrogens (primary N) is 1. The van der Waals surface area contributed by atoms with Gasteiger partial charge in [-0.1, -0.05) is 44.3 Å². The summed E-state index contributed by atoms with van der Waals surface area (Å²) in [6, 6.07) is 11.6. The molecule has 0 radical (unpaired) electrons. The van der Waals surface area contributed by atoms with Crippen molar-refractivity contribution in [2.45, 2.75) is 26.7 Å². The maximum Gasteiger partial charge on any atom is 0.220 e. The van der Waals surface area contributed by atoms with Crippen LogP contribution in [0.2, 0.25) is 0 Å². The van der Waals surface area contributed by atoms with Gasteiger partial charge in [-0.25, -0.2) is 4.98 Å². The number of hydrogen-bond acceptors (Lipinski definition) is 3. The Balaban J connectivity index is 2.37. The number of hydrogen-bond donors (Lipinski definition) is 1. The van der Waals surface area contributed by atoms with Gasteiger partial charge in [0.2, 0.25) is 5.88 Å². The first-order chi connectivity index (χ1) is 9.47. The fourth-order valence-electron chi connectivity index (χ4n) is 2.00. The van der Waals surface area contributed by atoms with Gasteiger partial charge >= 0.3 is 0 Å². The Kier molecular flexibility index (Phi) is 4.35. The second kappa shape index (κ2) is 6.01. The zero-order chi connectivity index (χ0) is 14.7. The summed E-state index contributed by atoms with van der Waals surface area (Å²) < 4.78 is 5.92. The smallest absolute Gasteiger partial charge is 0.220 e. The highest BCUT2D eigenvalue weighted by molar-refractivity contribution is 7.80. The largest absolute Gasteiger partial charge is 0.439 e. The summed E-state index contributed by atoms with van der Waals surface area (Å²) in [5.41, 5.74) is 8.41. The van der Waals surface area contributed by atoms with Gasteiger partial charge in [-0.15, -0.1) is 0 Å². The standard InChI is InChI=1S/C16H18N2OS/c1-10(2)13-6-4-5-7-14(13)19-15-9-12(16(17)20)8-11(3)18-15/h4-10H,1-3H3,(H2,17,20). The third kappa shape index (κ3) is 3.33. The molecule has 0 aliphatic carbocycles. The van der Waals surface area contributed by atoms with Crippen LogP contribution in [-0.4, -0.2) is 9.97 Å². The van der Waals surface area contributed by atoms with Crippen LogP contribution in [0.1, 0.15) is 36.6 Å². The van der Waals surface area contributed by atoms with Gasteiger partial charge in [-0.3, -0.25) is 0 Å². The van der Waals surface area contributed by atoms with Gasteiger partial charge in [0, 0.05) is 17.3 Å². The third-order valence-electron chi connectivity index (χ3n) is 2.97. The highest BCUT2D eigenvalue weighted by Gasteiger charge is 2.10. The Morgan fingerprint density at radius 2 is 1.95 bits per heavy atom. The van der Waals surface area contributed by atoms with Gasteiger partial charge < -0.3 is 10.5 Å². The highest BCUT2D eigenvalue weighted by atomic mass is 32.1. The number of benzene rings is 1. The summed E-state index contributed by atoms with van der Waals surface area (Å²) in [7, 11) is 0. The van der Waals surface area contributed by atoms with E-state index in [1.165, 1.54) is 0 Å². The molecule has 0 aliphatic rings. The van der Waals surface area contributed by atoms with Gasteiger partial charge in [0.25, 0.3) is 0 Å². The Morgan fingerprint density at radius 1 is 1.25 bits per heavy atom. The fourth-order valence-corrected chi connectivity index (χ4v) is 2.11. The van der Waals surface area contributed by atoms with E-state index in [0.29, 0.717) is 16.8 Å². The van der Waals surface area contributed by atoms with Crippen LogP contribution in [0.5, 0.6) is 11.6 Å². The third-order valence-corrected chi connectivity index (χ3v) is 3.21. The average Bonchev–Trinajstić information content (AvgIpc) is 2.38. The van der Waals surface area contributed by atoms with Crippen LogP contribution in [0.25, 0.3) is 0 Å². The maximum atomic E-state index is 5.92. The van der Waals surface area contributed by atoms with E-state index in [9.17, 15) is 0 Å². The van der Waals surface area contributed by atoms with Crippen LogP contribution >= 0.6 is 12.2 Å². The lowest BCUT2D eigenvalue weighted by Gasteiger charge is -2.13. The minimum Gasteiger partial charge on any atom is -0.439 e. The molecule has 0 atom stereocenters. The number of ether oxygens (including phenoxy) is 1. The van der Waals surface area contributed by atoms with Crippen molar-refractivity contribution in [1.29, 1.82) is 0 Å². The Labute approximate surface area is 124 Å². The Hall–Kier alpha value is -1.94. The molecule has 0 unspecified atom stereocenters. The number of pyridine rings is 1. The highest BCUT2D eigenvalue weighted by Crippen LogP contribution is 2.29. The first kappa shape index (κ1) is 14.5. The molecule has 0 saturated carbocycles. The van der Waals surface area contributed by atoms with Gasteiger partial charge in [0.05, 0.1) is 0 Å². The van der Waals surface area contributed by atoms with E-state index in [1.54, 1.807) is 6.07 Å². The normalized spacial score (nSPS) is 10.6. The first-order valence-electron chi connectivity index (χ1n) is 6.52. The molecule has 4 heteroatoms. The van der Waals surface area contributed by atoms with Crippen molar-refractivity contribution in [3.8, 4) is 11.6 Å². The van der Waals surface area contributed by atoms with Crippen molar-refractivity contribution < 1.29 is 4.74 Å². The number of thiocarbonyl (C=S) groups is 1. The van der Waals surface area contributed by atoms with E-state index in [0.717, 1.165) is 22.6 Å². The van der Waals surface area contributed by atoms with Crippen LogP contribution in [0.4, 0.5) is 0 Å². The second-order valence-electron chi connectivity index (χ2n) is 4.99. The zero-order valence-electron chi connectivity index (χ0n) is 11.9. The zero-order valence-corrected chi connectivity index (χ0v) is 12.7. The van der Waals surface area contributed by atoms with Gasteiger partial charge in [-0.2, -0.15) is 0 Å². The van der Waals surface area contributed by atoms with E-state index >= 15 is 0 Å². The molecule has 0 saturated heterocycles. The summed E-state index contributed by atoms with van der Waals surface area (Å²) in [6.07, 6.45) is 0. The molecule has 1 aromatic carbocycles. The fraction of sp³-hybridized carbons (Fsp3) is 0.250. The molecule has 1 aromatic heterocycles. The van der Waals surface area contributed by atoms with E-state index < -0.39 is 0 Å². The summed E-state index contributed by atoms with van der Waals surface area (Å²) in [5, 5.41) is 0. The van der Waals surface area contributed by atoms with Crippen molar-refractivity contribution >= 4 is 17.2 Å². The molecule has 0 aliphatic heterocycles. The van der Waals surface area contributed by atoms with Crippen molar-refractivity contribution in [3.05, 3.63) is 53.2 Å². The van der Waals surface area contributed by atoms with Crippen molar-refractivity contribution in [2.75, 3.05) is 0 Å². The minimum atomic E-state index is 0.345. The van der Waals surface area contributed by atoms with Crippen LogP contribution in [-0.2, 0) is 0 Å². The van der Waals surface area contributed by atoms with Crippen LogP contribution in [0.15, 0.2) is 36.4 Å². The molecule has 20 heavy (non-hydrogen) atoms. The lowest BCUT2D eigenvalue weighted by molar-refractivity contribution is 0.453. The number of rotatable bonds is 4. The molecular weight excluding hydrogens is 268 g/mol. The van der Waals surface area contributed by atoms with Gasteiger partial charge in [0.15, 0.2) is 0 Å². The topological polar surface area (TPSA) is 48.1 Å². The summed E-state index contributed by atoms with van der Waals surface area (Å²) in [6.45, 7) is 6.15. The predicted molar refractivity (Wildman–Crippen MR) is 85.5 cm³/mol. The first-order valence-corrected chi connectivity index (χ1v) is 6.93. The quantitative estimate of drug-likeness (QED) is 0.865. The van der Waals surface area contributed by atoms with Gasteiger partial charge in [-0.05, 0) is 30.5 Å².